The average molecular weight is 582 g/mol. The molecule has 0 saturated carbocycles. The van der Waals surface area contributed by atoms with Crippen molar-refractivity contribution in [3.05, 3.63) is 108 Å². The van der Waals surface area contributed by atoms with Gasteiger partial charge in [-0.25, -0.2) is 0 Å². The molecule has 0 bridgehead atoms. The van der Waals surface area contributed by atoms with Gasteiger partial charge in [-0.1, -0.05) is 70.5 Å². The predicted molar refractivity (Wildman–Crippen MR) is 107 cm³/mol. The van der Waals surface area contributed by atoms with E-state index >= 15 is 0 Å². The van der Waals surface area contributed by atoms with Crippen LogP contribution < -0.4 is 0 Å². The molecule has 0 atom stereocenters. The van der Waals surface area contributed by atoms with Gasteiger partial charge in [0.05, 0.1) is 11.4 Å². The molecule has 1 radical (unpaired) electrons. The second kappa shape index (κ2) is 10.8. The molecule has 0 aliphatic rings. The summed E-state index contributed by atoms with van der Waals surface area (Å²) in [4.78, 5) is 8.52. The molecular formula is C22H17BrIrN2. The fraction of sp³-hybridized carbons (Fsp3) is 0. The summed E-state index contributed by atoms with van der Waals surface area (Å²) < 4.78 is 1.08. The minimum absolute atomic E-state index is 0. The van der Waals surface area contributed by atoms with Crippen molar-refractivity contribution in [3.8, 4) is 22.5 Å². The van der Waals surface area contributed by atoms with Crippen LogP contribution in [0.4, 0.5) is 0 Å². The number of rotatable bonds is 2. The molecule has 0 amide bonds. The molecule has 0 N–H and O–H groups in total. The van der Waals surface area contributed by atoms with Gasteiger partial charge in [-0.2, -0.15) is 0 Å². The zero-order chi connectivity index (χ0) is 17.3. The van der Waals surface area contributed by atoms with Crippen molar-refractivity contribution in [3.63, 3.8) is 0 Å². The number of nitrogens with zero attached hydrogens (tertiary/aromatic N) is 2. The Balaban J connectivity index is 0.000000180. The topological polar surface area (TPSA) is 25.8 Å². The Morgan fingerprint density at radius 1 is 0.538 bits per heavy atom. The zero-order valence-electron chi connectivity index (χ0n) is 13.9. The van der Waals surface area contributed by atoms with Gasteiger partial charge in [-0.3, -0.25) is 9.97 Å². The third-order valence-corrected chi connectivity index (χ3v) is 4.01. The Bertz CT molecular complexity index is 863. The number of pyridine rings is 2. The van der Waals surface area contributed by atoms with Crippen LogP contribution in [-0.4, -0.2) is 9.97 Å². The fourth-order valence-electron chi connectivity index (χ4n) is 2.32. The van der Waals surface area contributed by atoms with Gasteiger partial charge < -0.3 is 0 Å². The Kier molecular flexibility index (Phi) is 8.36. The molecule has 2 aromatic carbocycles. The van der Waals surface area contributed by atoms with Gasteiger partial charge >= 0.3 is 0 Å². The minimum atomic E-state index is 0. The molecule has 0 spiro atoms. The minimum Gasteiger partial charge on any atom is -0.256 e. The zero-order valence-corrected chi connectivity index (χ0v) is 17.9. The van der Waals surface area contributed by atoms with Crippen LogP contribution in [-0.2, 0) is 20.1 Å². The normalized spacial score (nSPS) is 9.42. The van der Waals surface area contributed by atoms with Crippen LogP contribution in [0.2, 0.25) is 0 Å². The Morgan fingerprint density at radius 2 is 1.08 bits per heavy atom. The molecule has 0 saturated heterocycles. The van der Waals surface area contributed by atoms with E-state index < -0.39 is 0 Å². The maximum atomic E-state index is 4.27. The first kappa shape index (κ1) is 20.2. The Labute approximate surface area is 175 Å². The second-order valence-corrected chi connectivity index (χ2v) is 6.22. The van der Waals surface area contributed by atoms with E-state index in [0.29, 0.717) is 0 Å². The molecule has 2 nitrogen and oxygen atoms in total. The molecule has 4 aromatic rings. The monoisotopic (exact) mass is 581 g/mol. The van der Waals surface area contributed by atoms with E-state index in [9.17, 15) is 0 Å². The van der Waals surface area contributed by atoms with Crippen LogP contribution in [0.5, 0.6) is 0 Å². The molecular weight excluding hydrogens is 564 g/mol. The molecule has 4 heteroatoms. The Hall–Kier alpha value is -2.13. The van der Waals surface area contributed by atoms with Gasteiger partial charge in [-0.05, 0) is 36.4 Å². The van der Waals surface area contributed by atoms with Gasteiger partial charge in [0.1, 0.15) is 0 Å². The van der Waals surface area contributed by atoms with Gasteiger partial charge in [0.2, 0.25) is 0 Å². The van der Waals surface area contributed by atoms with Crippen LogP contribution in [0.25, 0.3) is 22.5 Å². The van der Waals surface area contributed by atoms with Crippen molar-refractivity contribution >= 4 is 15.9 Å². The number of hydrogen-bond donors (Lipinski definition) is 0. The second-order valence-electron chi connectivity index (χ2n) is 5.31. The van der Waals surface area contributed by atoms with E-state index in [0.717, 1.165) is 27.0 Å². The van der Waals surface area contributed by atoms with Crippen LogP contribution >= 0.6 is 15.9 Å². The quantitative estimate of drug-likeness (QED) is 0.280. The van der Waals surface area contributed by atoms with Crippen LogP contribution in [0.3, 0.4) is 0 Å². The number of halogens is 1. The van der Waals surface area contributed by atoms with E-state index in [2.05, 4.69) is 44.1 Å². The molecule has 0 aliphatic heterocycles. The number of hydrogen-bond acceptors (Lipinski definition) is 2. The van der Waals surface area contributed by atoms with E-state index in [1.54, 1.807) is 6.20 Å². The first-order valence-electron chi connectivity index (χ1n) is 7.96. The third kappa shape index (κ3) is 5.99. The molecule has 2 aromatic heterocycles. The maximum absolute atomic E-state index is 4.27. The first-order valence-corrected chi connectivity index (χ1v) is 8.75. The van der Waals surface area contributed by atoms with Crippen molar-refractivity contribution in [2.24, 2.45) is 0 Å². The smallest absolute Gasteiger partial charge is 0.0702 e. The summed E-state index contributed by atoms with van der Waals surface area (Å²) in [5.41, 5.74) is 4.33. The predicted octanol–water partition coefficient (Wildman–Crippen LogP) is 6.26. The summed E-state index contributed by atoms with van der Waals surface area (Å²) in [6, 6.07) is 30.1. The molecule has 0 fully saturated rings. The number of aromatic nitrogens is 2. The van der Waals surface area contributed by atoms with E-state index in [-0.39, 0.29) is 20.1 Å². The van der Waals surface area contributed by atoms with Crippen LogP contribution in [0.1, 0.15) is 0 Å². The average Bonchev–Trinajstić information content (AvgIpc) is 2.71. The molecule has 26 heavy (non-hydrogen) atoms. The molecule has 131 valence electrons. The van der Waals surface area contributed by atoms with Gasteiger partial charge in [0.25, 0.3) is 0 Å². The molecule has 0 aliphatic carbocycles. The van der Waals surface area contributed by atoms with E-state index in [1.807, 2.05) is 79.0 Å². The van der Waals surface area contributed by atoms with Crippen molar-refractivity contribution in [1.82, 2.24) is 9.97 Å². The summed E-state index contributed by atoms with van der Waals surface area (Å²) in [5, 5.41) is 0. The summed E-state index contributed by atoms with van der Waals surface area (Å²) in [5.74, 6) is 0. The number of benzene rings is 2. The Morgan fingerprint density at radius 3 is 1.62 bits per heavy atom. The van der Waals surface area contributed by atoms with Crippen molar-refractivity contribution < 1.29 is 20.1 Å². The van der Waals surface area contributed by atoms with Crippen molar-refractivity contribution in [2.45, 2.75) is 0 Å². The third-order valence-electron chi connectivity index (χ3n) is 3.52. The molecule has 2 heterocycles. The van der Waals surface area contributed by atoms with Gasteiger partial charge in [-0.15, -0.1) is 0 Å². The largest absolute Gasteiger partial charge is 0.256 e. The van der Waals surface area contributed by atoms with E-state index in [4.69, 9.17) is 0 Å². The SMILES string of the molecule is Brc1cccc(-c2ccccn2)c1.[Ir].c1ccc(-c2ccccn2)cc1. The van der Waals surface area contributed by atoms with Gasteiger partial charge in [0.15, 0.2) is 0 Å². The van der Waals surface area contributed by atoms with Crippen LogP contribution in [0, 0.1) is 0 Å². The van der Waals surface area contributed by atoms with Crippen LogP contribution in [0.15, 0.2) is 108 Å². The summed E-state index contributed by atoms with van der Waals surface area (Å²) in [7, 11) is 0. The van der Waals surface area contributed by atoms with Gasteiger partial charge in [0, 0.05) is 48.1 Å². The summed E-state index contributed by atoms with van der Waals surface area (Å²) in [6.07, 6.45) is 3.61. The van der Waals surface area contributed by atoms with Crippen molar-refractivity contribution in [1.29, 1.82) is 0 Å². The van der Waals surface area contributed by atoms with E-state index in [1.165, 1.54) is 0 Å². The fourth-order valence-corrected chi connectivity index (χ4v) is 2.72. The first-order chi connectivity index (χ1) is 12.3. The molecule has 4 rings (SSSR count). The molecule has 0 unspecified atom stereocenters. The summed E-state index contributed by atoms with van der Waals surface area (Å²) >= 11 is 3.43. The van der Waals surface area contributed by atoms with Crippen molar-refractivity contribution in [2.75, 3.05) is 0 Å². The summed E-state index contributed by atoms with van der Waals surface area (Å²) in [6.45, 7) is 0. The standard InChI is InChI=1S/C11H8BrN.C11H9N.Ir/c12-10-5-3-4-9(8-10)11-6-1-2-7-13-11;1-2-6-10(7-3-1)11-8-4-5-9-12-11;/h1-8H;1-9H;. The maximum Gasteiger partial charge on any atom is 0.0702 e.